The smallest absolute Gasteiger partial charge is 0.324 e. The largest absolute Gasteiger partial charge is 0.419 e. The minimum atomic E-state index is -4.73. The van der Waals surface area contributed by atoms with E-state index in [0.29, 0.717) is 6.42 Å². The molecular weight excluding hydrogens is 286 g/mol. The Bertz CT molecular complexity index is 646. The molecular formula is C14H15F4N3. The van der Waals surface area contributed by atoms with E-state index in [9.17, 15) is 17.6 Å². The van der Waals surface area contributed by atoms with Crippen LogP contribution in [0.3, 0.4) is 0 Å². The molecule has 1 aromatic heterocycles. The molecule has 1 heterocycles. The molecule has 0 aliphatic rings. The van der Waals surface area contributed by atoms with E-state index >= 15 is 0 Å². The number of aryl methyl sites for hydroxylation is 2. The van der Waals surface area contributed by atoms with Crippen LogP contribution in [-0.2, 0) is 19.6 Å². The monoisotopic (exact) mass is 301 g/mol. The molecule has 0 bridgehead atoms. The molecule has 2 rings (SSSR count). The van der Waals surface area contributed by atoms with Crippen LogP contribution in [0.25, 0.3) is 0 Å². The van der Waals surface area contributed by atoms with Crippen molar-refractivity contribution in [3.8, 4) is 0 Å². The molecule has 0 fully saturated rings. The number of rotatable bonds is 3. The number of benzene rings is 1. The van der Waals surface area contributed by atoms with Gasteiger partial charge in [0.1, 0.15) is 5.82 Å². The van der Waals surface area contributed by atoms with Crippen LogP contribution in [0.4, 0.5) is 17.6 Å². The third-order valence-corrected chi connectivity index (χ3v) is 3.25. The molecule has 0 saturated carbocycles. The van der Waals surface area contributed by atoms with Crippen molar-refractivity contribution in [1.82, 2.24) is 9.78 Å². The molecule has 1 unspecified atom stereocenters. The Hall–Kier alpha value is -1.89. The van der Waals surface area contributed by atoms with Crippen molar-refractivity contribution in [2.45, 2.75) is 25.6 Å². The van der Waals surface area contributed by atoms with Gasteiger partial charge in [0.15, 0.2) is 0 Å². The second-order valence-electron chi connectivity index (χ2n) is 4.95. The van der Waals surface area contributed by atoms with E-state index in [1.165, 1.54) is 6.07 Å². The Morgan fingerprint density at radius 2 is 1.95 bits per heavy atom. The molecule has 2 N–H and O–H groups in total. The lowest BCUT2D eigenvalue weighted by Gasteiger charge is -2.15. The van der Waals surface area contributed by atoms with E-state index in [1.807, 2.05) is 13.0 Å². The predicted molar refractivity (Wildman–Crippen MR) is 70.0 cm³/mol. The summed E-state index contributed by atoms with van der Waals surface area (Å²) in [7, 11) is 1.74. The molecule has 0 radical (unpaired) electrons. The first-order valence-corrected chi connectivity index (χ1v) is 6.30. The van der Waals surface area contributed by atoms with E-state index in [4.69, 9.17) is 5.73 Å². The number of aromatic nitrogens is 2. The Morgan fingerprint density at radius 3 is 2.48 bits per heavy atom. The fraction of sp³-hybridized carbons (Fsp3) is 0.357. The molecule has 0 aliphatic carbocycles. The second kappa shape index (κ2) is 5.48. The van der Waals surface area contributed by atoms with Crippen LogP contribution in [0.2, 0.25) is 0 Å². The number of alkyl halides is 3. The third-order valence-electron chi connectivity index (χ3n) is 3.25. The first-order valence-electron chi connectivity index (χ1n) is 6.30. The van der Waals surface area contributed by atoms with Crippen LogP contribution in [0.5, 0.6) is 0 Å². The van der Waals surface area contributed by atoms with E-state index in [0.717, 1.165) is 23.5 Å². The molecule has 1 aromatic carbocycles. The number of nitrogens with two attached hydrogens (primary N) is 1. The predicted octanol–water partition coefficient (Wildman–Crippen LogP) is 3.13. The summed E-state index contributed by atoms with van der Waals surface area (Å²) in [6.45, 7) is 1.81. The highest BCUT2D eigenvalue weighted by Gasteiger charge is 2.34. The third kappa shape index (κ3) is 3.41. The van der Waals surface area contributed by atoms with Gasteiger partial charge in [-0.1, -0.05) is 6.07 Å². The van der Waals surface area contributed by atoms with E-state index in [-0.39, 0.29) is 5.56 Å². The van der Waals surface area contributed by atoms with Crippen molar-refractivity contribution in [3.05, 3.63) is 52.6 Å². The summed E-state index contributed by atoms with van der Waals surface area (Å²) in [6.07, 6.45) is -4.41. The van der Waals surface area contributed by atoms with Gasteiger partial charge in [0.2, 0.25) is 0 Å². The highest BCUT2D eigenvalue weighted by molar-refractivity contribution is 5.30. The fourth-order valence-electron chi connectivity index (χ4n) is 2.19. The van der Waals surface area contributed by atoms with Gasteiger partial charge in [-0.25, -0.2) is 4.39 Å². The summed E-state index contributed by atoms with van der Waals surface area (Å²) in [5.74, 6) is -1.30. The normalized spacial score (nSPS) is 13.5. The standard InChI is InChI=1S/C14H15F4N3/c1-8-5-10(21(2)20-8)7-13(19)9-3-4-12(15)11(6-9)14(16,17)18/h3-6,13H,7,19H2,1-2H3. The van der Waals surface area contributed by atoms with Gasteiger partial charge < -0.3 is 5.73 Å². The summed E-state index contributed by atoms with van der Waals surface area (Å²) < 4.78 is 53.0. The van der Waals surface area contributed by atoms with Gasteiger partial charge in [0.05, 0.1) is 11.3 Å². The summed E-state index contributed by atoms with van der Waals surface area (Å²) in [6, 6.07) is 3.99. The van der Waals surface area contributed by atoms with Gasteiger partial charge in [0.25, 0.3) is 0 Å². The summed E-state index contributed by atoms with van der Waals surface area (Å²) in [4.78, 5) is 0. The van der Waals surface area contributed by atoms with Crippen LogP contribution < -0.4 is 5.73 Å². The maximum atomic E-state index is 13.2. The first kappa shape index (κ1) is 15.5. The van der Waals surface area contributed by atoms with E-state index < -0.39 is 23.6 Å². The summed E-state index contributed by atoms with van der Waals surface area (Å²) in [5.41, 5.74) is 6.48. The van der Waals surface area contributed by atoms with E-state index in [2.05, 4.69) is 5.10 Å². The van der Waals surface area contributed by atoms with Crippen molar-refractivity contribution >= 4 is 0 Å². The lowest BCUT2D eigenvalue weighted by atomic mass is 10.00. The SMILES string of the molecule is Cc1cc(CC(N)c2ccc(F)c(C(F)(F)F)c2)n(C)n1. The second-order valence-corrected chi connectivity index (χ2v) is 4.95. The van der Waals surface area contributed by atoms with Gasteiger partial charge in [0, 0.05) is 25.2 Å². The Kier molecular flexibility index (Phi) is 4.04. The quantitative estimate of drug-likeness (QED) is 0.885. The maximum absolute atomic E-state index is 13.2. The molecule has 0 saturated heterocycles. The topological polar surface area (TPSA) is 43.8 Å². The number of hydrogen-bond acceptors (Lipinski definition) is 2. The molecule has 7 heteroatoms. The molecule has 21 heavy (non-hydrogen) atoms. The van der Waals surface area contributed by atoms with Crippen LogP contribution in [-0.4, -0.2) is 9.78 Å². The Labute approximate surface area is 119 Å². The van der Waals surface area contributed by atoms with E-state index in [1.54, 1.807) is 11.7 Å². The highest BCUT2D eigenvalue weighted by atomic mass is 19.4. The highest BCUT2D eigenvalue weighted by Crippen LogP contribution is 2.33. The van der Waals surface area contributed by atoms with Gasteiger partial charge in [-0.2, -0.15) is 18.3 Å². The lowest BCUT2D eigenvalue weighted by Crippen LogP contribution is -2.17. The van der Waals surface area contributed by atoms with Crippen LogP contribution in [0.15, 0.2) is 24.3 Å². The van der Waals surface area contributed by atoms with Crippen LogP contribution in [0.1, 0.15) is 28.6 Å². The summed E-state index contributed by atoms with van der Waals surface area (Å²) in [5, 5.41) is 4.15. The van der Waals surface area contributed by atoms with Crippen molar-refractivity contribution in [2.24, 2.45) is 12.8 Å². The summed E-state index contributed by atoms with van der Waals surface area (Å²) >= 11 is 0. The zero-order valence-corrected chi connectivity index (χ0v) is 11.6. The zero-order chi connectivity index (χ0) is 15.8. The van der Waals surface area contributed by atoms with Crippen molar-refractivity contribution < 1.29 is 17.6 Å². The van der Waals surface area contributed by atoms with Crippen molar-refractivity contribution in [1.29, 1.82) is 0 Å². The molecule has 0 amide bonds. The van der Waals surface area contributed by atoms with Gasteiger partial charge >= 0.3 is 6.18 Å². The molecule has 1 atom stereocenters. The molecule has 114 valence electrons. The van der Waals surface area contributed by atoms with Crippen molar-refractivity contribution in [3.63, 3.8) is 0 Å². The molecule has 2 aromatic rings. The van der Waals surface area contributed by atoms with Crippen molar-refractivity contribution in [2.75, 3.05) is 0 Å². The minimum Gasteiger partial charge on any atom is -0.324 e. The number of hydrogen-bond donors (Lipinski definition) is 1. The average molecular weight is 301 g/mol. The molecule has 0 aliphatic heterocycles. The molecule has 0 spiro atoms. The number of nitrogens with zero attached hydrogens (tertiary/aromatic N) is 2. The maximum Gasteiger partial charge on any atom is 0.419 e. The van der Waals surface area contributed by atoms with Gasteiger partial charge in [-0.05, 0) is 30.7 Å². The Morgan fingerprint density at radius 1 is 1.29 bits per heavy atom. The average Bonchev–Trinajstić information content (AvgIpc) is 2.66. The lowest BCUT2D eigenvalue weighted by molar-refractivity contribution is -0.140. The van der Waals surface area contributed by atoms with Gasteiger partial charge in [-0.15, -0.1) is 0 Å². The van der Waals surface area contributed by atoms with Crippen LogP contribution >= 0.6 is 0 Å². The Balaban J connectivity index is 2.27. The fourth-order valence-corrected chi connectivity index (χ4v) is 2.19. The minimum absolute atomic E-state index is 0.238. The van der Waals surface area contributed by atoms with Gasteiger partial charge in [-0.3, -0.25) is 4.68 Å². The number of halogens is 4. The zero-order valence-electron chi connectivity index (χ0n) is 11.6. The molecule has 3 nitrogen and oxygen atoms in total. The van der Waals surface area contributed by atoms with Crippen LogP contribution in [0, 0.1) is 12.7 Å². The first-order chi connectivity index (χ1) is 9.68.